The summed E-state index contributed by atoms with van der Waals surface area (Å²) >= 11 is 11.7. The molecule has 194 valence electrons. The number of rotatable bonds is 9. The largest absolute Gasteiger partial charge is 0.490 e. The van der Waals surface area contributed by atoms with Crippen LogP contribution >= 0.6 is 23.2 Å². The van der Waals surface area contributed by atoms with Crippen molar-refractivity contribution in [2.24, 2.45) is 0 Å². The number of carboxylic acids is 2. The van der Waals surface area contributed by atoms with E-state index in [1.165, 1.54) is 24.3 Å². The molecule has 0 saturated heterocycles. The van der Waals surface area contributed by atoms with Gasteiger partial charge < -0.3 is 15.1 Å². The summed E-state index contributed by atoms with van der Waals surface area (Å²) in [4.78, 5) is 22.6. The molecular weight excluding hydrogens is 536 g/mol. The van der Waals surface area contributed by atoms with Gasteiger partial charge in [-0.05, 0) is 49.2 Å². The lowest BCUT2D eigenvalue weighted by Crippen LogP contribution is -2.27. The summed E-state index contributed by atoms with van der Waals surface area (Å²) in [6.07, 6.45) is -3.35. The predicted octanol–water partition coefficient (Wildman–Crippen LogP) is 5.75. The number of benzene rings is 2. The Bertz CT molecular complexity index is 1150. The molecular formula is C21H23Cl2F3N2O6S. The van der Waals surface area contributed by atoms with Crippen molar-refractivity contribution in [3.05, 3.63) is 52.0 Å². The van der Waals surface area contributed by atoms with Gasteiger partial charge >= 0.3 is 18.1 Å². The van der Waals surface area contributed by atoms with E-state index in [9.17, 15) is 31.5 Å². The molecule has 0 fully saturated rings. The third-order valence-electron chi connectivity index (χ3n) is 4.25. The molecule has 0 atom stereocenters. The number of aromatic carboxylic acids is 1. The lowest BCUT2D eigenvalue weighted by Gasteiger charge is -2.25. The predicted molar refractivity (Wildman–Crippen MR) is 127 cm³/mol. The fourth-order valence-corrected chi connectivity index (χ4v) is 4.24. The number of aliphatic carboxylic acids is 1. The van der Waals surface area contributed by atoms with Crippen LogP contribution in [0.5, 0.6) is 0 Å². The Morgan fingerprint density at radius 1 is 0.971 bits per heavy atom. The molecule has 35 heavy (non-hydrogen) atoms. The van der Waals surface area contributed by atoms with Crippen LogP contribution in [0.15, 0.2) is 41.3 Å². The smallest absolute Gasteiger partial charge is 0.478 e. The molecule has 2 aromatic carbocycles. The Morgan fingerprint density at radius 3 is 1.94 bits per heavy atom. The van der Waals surface area contributed by atoms with Crippen molar-refractivity contribution in [1.29, 1.82) is 0 Å². The number of alkyl halides is 3. The monoisotopic (exact) mass is 558 g/mol. The van der Waals surface area contributed by atoms with Crippen molar-refractivity contribution >= 4 is 56.5 Å². The van der Waals surface area contributed by atoms with E-state index in [1.807, 2.05) is 18.7 Å². The van der Waals surface area contributed by atoms with Gasteiger partial charge in [0.05, 0.1) is 26.2 Å². The number of sulfonamides is 1. The quantitative estimate of drug-likeness (QED) is 0.357. The van der Waals surface area contributed by atoms with Crippen molar-refractivity contribution < 1.29 is 41.4 Å². The molecule has 0 saturated carbocycles. The van der Waals surface area contributed by atoms with Crippen molar-refractivity contribution in [3.8, 4) is 0 Å². The normalized spacial score (nSPS) is 11.3. The first kappa shape index (κ1) is 30.3. The summed E-state index contributed by atoms with van der Waals surface area (Å²) < 4.78 is 59.3. The van der Waals surface area contributed by atoms with Gasteiger partial charge in [0, 0.05) is 18.8 Å². The maximum atomic E-state index is 12.6. The molecule has 0 aliphatic carbocycles. The minimum Gasteiger partial charge on any atom is -0.478 e. The second-order valence-electron chi connectivity index (χ2n) is 7.01. The average molecular weight is 559 g/mol. The molecule has 0 unspecified atom stereocenters. The molecule has 0 bridgehead atoms. The number of anilines is 2. The van der Waals surface area contributed by atoms with E-state index in [2.05, 4.69) is 4.72 Å². The second kappa shape index (κ2) is 12.8. The van der Waals surface area contributed by atoms with Gasteiger partial charge in [0.25, 0.3) is 10.0 Å². The van der Waals surface area contributed by atoms with Crippen LogP contribution in [0, 0.1) is 0 Å². The number of hydrogen-bond acceptors (Lipinski definition) is 5. The van der Waals surface area contributed by atoms with Crippen LogP contribution in [-0.2, 0) is 14.8 Å². The van der Waals surface area contributed by atoms with E-state index in [0.29, 0.717) is 18.8 Å². The van der Waals surface area contributed by atoms with Gasteiger partial charge in [-0.2, -0.15) is 13.2 Å². The Hall–Kier alpha value is -2.70. The van der Waals surface area contributed by atoms with Crippen molar-refractivity contribution in [2.45, 2.75) is 37.8 Å². The number of carboxylic acid groups (broad SMARTS) is 2. The number of hydrogen-bond donors (Lipinski definition) is 3. The van der Waals surface area contributed by atoms with Gasteiger partial charge in [-0.1, -0.05) is 37.0 Å². The van der Waals surface area contributed by atoms with Crippen molar-refractivity contribution in [2.75, 3.05) is 22.7 Å². The van der Waals surface area contributed by atoms with E-state index in [-0.39, 0.29) is 26.2 Å². The van der Waals surface area contributed by atoms with E-state index in [1.54, 1.807) is 12.1 Å². The van der Waals surface area contributed by atoms with Gasteiger partial charge in [-0.3, -0.25) is 4.72 Å². The summed E-state index contributed by atoms with van der Waals surface area (Å²) in [5, 5.41) is 17.1. The SMILES string of the molecule is CCCN(CCC)c1ccc(NS(=O)(=O)c2ccc(Cl)c(Cl)c2)cc1C(=O)O.O=C(O)C(F)(F)F. The Morgan fingerprint density at radius 2 is 1.51 bits per heavy atom. The molecule has 0 amide bonds. The van der Waals surface area contributed by atoms with E-state index in [4.69, 9.17) is 33.1 Å². The summed E-state index contributed by atoms with van der Waals surface area (Å²) in [6.45, 7) is 5.45. The molecule has 0 aliphatic heterocycles. The summed E-state index contributed by atoms with van der Waals surface area (Å²) in [5.74, 6) is -3.88. The topological polar surface area (TPSA) is 124 Å². The molecule has 2 rings (SSSR count). The highest BCUT2D eigenvalue weighted by Gasteiger charge is 2.38. The molecule has 0 heterocycles. The maximum Gasteiger partial charge on any atom is 0.490 e. The first-order chi connectivity index (χ1) is 16.1. The molecule has 3 N–H and O–H groups in total. The zero-order valence-electron chi connectivity index (χ0n) is 18.6. The number of halogens is 5. The van der Waals surface area contributed by atoms with Crippen LogP contribution in [0.1, 0.15) is 37.0 Å². The second-order valence-corrected chi connectivity index (χ2v) is 9.51. The average Bonchev–Trinajstić information content (AvgIpc) is 2.75. The minimum atomic E-state index is -5.08. The highest BCUT2D eigenvalue weighted by molar-refractivity contribution is 7.92. The lowest BCUT2D eigenvalue weighted by atomic mass is 10.1. The van der Waals surface area contributed by atoms with Crippen LogP contribution in [0.4, 0.5) is 24.5 Å². The van der Waals surface area contributed by atoms with Crippen LogP contribution in [0.2, 0.25) is 10.0 Å². The molecule has 14 heteroatoms. The third-order valence-corrected chi connectivity index (χ3v) is 6.37. The fraction of sp³-hybridized carbons (Fsp3) is 0.333. The Kier molecular flexibility index (Phi) is 11.1. The summed E-state index contributed by atoms with van der Waals surface area (Å²) in [5.41, 5.74) is 0.755. The number of carbonyl (C=O) groups is 2. The van der Waals surface area contributed by atoms with Crippen LogP contribution in [-0.4, -0.2) is 49.8 Å². The minimum absolute atomic E-state index is 0.0382. The number of nitrogens with one attached hydrogen (secondary N) is 1. The molecule has 2 aromatic rings. The summed E-state index contributed by atoms with van der Waals surface area (Å²) in [6, 6.07) is 8.45. The van der Waals surface area contributed by atoms with E-state index >= 15 is 0 Å². The highest BCUT2D eigenvalue weighted by atomic mass is 35.5. The van der Waals surface area contributed by atoms with Gasteiger partial charge in [0.1, 0.15) is 0 Å². The van der Waals surface area contributed by atoms with Crippen molar-refractivity contribution in [3.63, 3.8) is 0 Å². The zero-order chi connectivity index (χ0) is 27.0. The molecule has 0 spiro atoms. The summed E-state index contributed by atoms with van der Waals surface area (Å²) in [7, 11) is -3.95. The number of nitrogens with zero attached hydrogens (tertiary/aromatic N) is 1. The van der Waals surface area contributed by atoms with Crippen LogP contribution in [0.3, 0.4) is 0 Å². The lowest BCUT2D eigenvalue weighted by molar-refractivity contribution is -0.192. The molecule has 8 nitrogen and oxygen atoms in total. The molecule has 0 aromatic heterocycles. The molecule has 0 aliphatic rings. The van der Waals surface area contributed by atoms with Gasteiger partial charge in [0.15, 0.2) is 0 Å². The highest BCUT2D eigenvalue weighted by Crippen LogP contribution is 2.29. The van der Waals surface area contributed by atoms with E-state index < -0.39 is 28.1 Å². The van der Waals surface area contributed by atoms with Gasteiger partial charge in [0.2, 0.25) is 0 Å². The van der Waals surface area contributed by atoms with Gasteiger partial charge in [-0.25, -0.2) is 18.0 Å². The standard InChI is InChI=1S/C19H22Cl2N2O4S.C2HF3O2/c1-3-9-23(10-4-2)18-8-5-13(11-15(18)19(24)25)22-28(26,27)14-6-7-16(20)17(21)12-14;3-2(4,5)1(6)7/h5-8,11-12,22H,3-4,9-10H2,1-2H3,(H,24,25);(H,6,7). The fourth-order valence-electron chi connectivity index (χ4n) is 2.80. The zero-order valence-corrected chi connectivity index (χ0v) is 20.9. The van der Waals surface area contributed by atoms with E-state index in [0.717, 1.165) is 12.8 Å². The first-order valence-corrected chi connectivity index (χ1v) is 12.3. The molecule has 0 radical (unpaired) electrons. The Balaban J connectivity index is 0.000000762. The maximum absolute atomic E-state index is 12.6. The van der Waals surface area contributed by atoms with Gasteiger partial charge in [-0.15, -0.1) is 0 Å². The third kappa shape index (κ3) is 9.11. The van der Waals surface area contributed by atoms with Crippen LogP contribution in [0.25, 0.3) is 0 Å². The first-order valence-electron chi connectivity index (χ1n) is 10.0. The Labute approximate surface area is 210 Å². The van der Waals surface area contributed by atoms with Crippen molar-refractivity contribution in [1.82, 2.24) is 0 Å². The van der Waals surface area contributed by atoms with Crippen LogP contribution < -0.4 is 9.62 Å².